The summed E-state index contributed by atoms with van der Waals surface area (Å²) >= 11 is 0. The molecule has 0 spiro atoms. The fourth-order valence-corrected chi connectivity index (χ4v) is 2.10. The number of rotatable bonds is 4. The number of hydrazine groups is 1. The predicted octanol–water partition coefficient (Wildman–Crippen LogP) is 0.596. The van der Waals surface area contributed by atoms with Crippen LogP contribution in [0.3, 0.4) is 0 Å². The van der Waals surface area contributed by atoms with E-state index in [0.717, 1.165) is 26.2 Å². The lowest BCUT2D eigenvalue weighted by atomic mass is 10.2. The largest absolute Gasteiger partial charge is 0.493 e. The molecule has 20 heavy (non-hydrogen) atoms. The van der Waals surface area contributed by atoms with E-state index in [1.165, 1.54) is 0 Å². The predicted molar refractivity (Wildman–Crippen MR) is 76.1 cm³/mol. The van der Waals surface area contributed by atoms with Crippen LogP contribution in [-0.4, -0.2) is 63.3 Å². The van der Waals surface area contributed by atoms with Crippen molar-refractivity contribution in [3.8, 4) is 11.5 Å². The molecular formula is C14H21N3O3. The minimum absolute atomic E-state index is 0.129. The summed E-state index contributed by atoms with van der Waals surface area (Å²) in [7, 11) is 5.20. The van der Waals surface area contributed by atoms with Gasteiger partial charge in [0.05, 0.1) is 14.2 Å². The van der Waals surface area contributed by atoms with Gasteiger partial charge in [0.25, 0.3) is 5.91 Å². The summed E-state index contributed by atoms with van der Waals surface area (Å²) in [6.45, 7) is 3.56. The van der Waals surface area contributed by atoms with Gasteiger partial charge in [-0.25, -0.2) is 5.01 Å². The number of ether oxygens (including phenoxy) is 2. The minimum Gasteiger partial charge on any atom is -0.493 e. The standard InChI is InChI=1S/C14H21N3O3/c1-16-6-8-17(9-7-16)15-14(18)11-4-5-12(19-2)13(10-11)20-3/h4-5,10H,6-9H2,1-3H3,(H,15,18). The van der Waals surface area contributed by atoms with Crippen molar-refractivity contribution in [3.63, 3.8) is 0 Å². The summed E-state index contributed by atoms with van der Waals surface area (Å²) in [5, 5.41) is 1.94. The molecule has 1 aliphatic rings. The van der Waals surface area contributed by atoms with Gasteiger partial charge in [-0.3, -0.25) is 10.2 Å². The summed E-state index contributed by atoms with van der Waals surface area (Å²) in [6, 6.07) is 5.15. The third-order valence-corrected chi connectivity index (χ3v) is 3.41. The lowest BCUT2D eigenvalue weighted by Crippen LogP contribution is -2.52. The SMILES string of the molecule is COc1ccc(C(=O)NN2CCN(C)CC2)cc1OC. The Kier molecular flexibility index (Phi) is 4.81. The van der Waals surface area contributed by atoms with Gasteiger partial charge in [-0.2, -0.15) is 0 Å². The van der Waals surface area contributed by atoms with Gasteiger partial charge in [-0.05, 0) is 25.2 Å². The number of nitrogens with zero attached hydrogens (tertiary/aromatic N) is 2. The van der Waals surface area contributed by atoms with Gasteiger partial charge in [0, 0.05) is 31.7 Å². The second-order valence-corrected chi connectivity index (χ2v) is 4.80. The number of likely N-dealkylation sites (N-methyl/N-ethyl adjacent to an activating group) is 1. The van der Waals surface area contributed by atoms with Crippen LogP contribution in [0.15, 0.2) is 18.2 Å². The van der Waals surface area contributed by atoms with Crippen LogP contribution in [0.5, 0.6) is 11.5 Å². The number of piperazine rings is 1. The van der Waals surface area contributed by atoms with Crippen LogP contribution in [0.25, 0.3) is 0 Å². The zero-order chi connectivity index (χ0) is 14.5. The van der Waals surface area contributed by atoms with Gasteiger partial charge in [0.15, 0.2) is 11.5 Å². The first kappa shape index (κ1) is 14.6. The van der Waals surface area contributed by atoms with E-state index < -0.39 is 0 Å². The molecule has 1 fully saturated rings. The van der Waals surface area contributed by atoms with E-state index in [2.05, 4.69) is 17.4 Å². The van der Waals surface area contributed by atoms with Crippen LogP contribution in [0.1, 0.15) is 10.4 Å². The lowest BCUT2D eigenvalue weighted by molar-refractivity contribution is 0.0662. The van der Waals surface area contributed by atoms with Crippen molar-refractivity contribution >= 4 is 5.91 Å². The maximum absolute atomic E-state index is 12.2. The Labute approximate surface area is 119 Å². The number of carbonyl (C=O) groups excluding carboxylic acids is 1. The number of amides is 1. The molecule has 1 aromatic rings. The fourth-order valence-electron chi connectivity index (χ4n) is 2.10. The average molecular weight is 279 g/mol. The van der Waals surface area contributed by atoms with Crippen molar-refractivity contribution < 1.29 is 14.3 Å². The molecular weight excluding hydrogens is 258 g/mol. The van der Waals surface area contributed by atoms with Crippen LogP contribution >= 0.6 is 0 Å². The Morgan fingerprint density at radius 1 is 1.10 bits per heavy atom. The van der Waals surface area contributed by atoms with E-state index >= 15 is 0 Å². The molecule has 0 unspecified atom stereocenters. The summed E-state index contributed by atoms with van der Waals surface area (Å²) in [5.41, 5.74) is 3.47. The van der Waals surface area contributed by atoms with Gasteiger partial charge >= 0.3 is 0 Å². The monoisotopic (exact) mass is 279 g/mol. The number of nitrogens with one attached hydrogen (secondary N) is 1. The van der Waals surface area contributed by atoms with Crippen LogP contribution in [0, 0.1) is 0 Å². The van der Waals surface area contributed by atoms with Gasteiger partial charge in [0.2, 0.25) is 0 Å². The van der Waals surface area contributed by atoms with Gasteiger partial charge in [-0.1, -0.05) is 0 Å². The van der Waals surface area contributed by atoms with E-state index in [4.69, 9.17) is 9.47 Å². The normalized spacial score (nSPS) is 16.8. The fraction of sp³-hybridized carbons (Fsp3) is 0.500. The molecule has 0 saturated carbocycles. The first-order chi connectivity index (χ1) is 9.63. The molecule has 6 nitrogen and oxygen atoms in total. The molecule has 0 bridgehead atoms. The maximum Gasteiger partial charge on any atom is 0.265 e. The molecule has 1 amide bonds. The summed E-state index contributed by atoms with van der Waals surface area (Å²) in [6.07, 6.45) is 0. The Bertz CT molecular complexity index is 471. The van der Waals surface area contributed by atoms with Gasteiger partial charge in [0.1, 0.15) is 0 Å². The quantitative estimate of drug-likeness (QED) is 0.874. The number of carbonyl (C=O) groups is 1. The molecule has 2 rings (SSSR count). The highest BCUT2D eigenvalue weighted by Gasteiger charge is 2.17. The molecule has 1 aliphatic heterocycles. The highest BCUT2D eigenvalue weighted by molar-refractivity contribution is 5.94. The highest BCUT2D eigenvalue weighted by atomic mass is 16.5. The zero-order valence-electron chi connectivity index (χ0n) is 12.2. The first-order valence-electron chi connectivity index (χ1n) is 6.60. The van der Waals surface area contributed by atoms with E-state index in [1.807, 2.05) is 5.01 Å². The van der Waals surface area contributed by atoms with Crippen molar-refractivity contribution in [3.05, 3.63) is 23.8 Å². The molecule has 0 aliphatic carbocycles. The van der Waals surface area contributed by atoms with Crippen molar-refractivity contribution in [1.29, 1.82) is 0 Å². The van der Waals surface area contributed by atoms with Crippen molar-refractivity contribution in [2.75, 3.05) is 47.4 Å². The number of hydrogen-bond acceptors (Lipinski definition) is 5. The van der Waals surface area contributed by atoms with Crippen molar-refractivity contribution in [2.45, 2.75) is 0 Å². The van der Waals surface area contributed by atoms with Crippen LogP contribution in [0.4, 0.5) is 0 Å². The lowest BCUT2D eigenvalue weighted by Gasteiger charge is -2.32. The van der Waals surface area contributed by atoms with Gasteiger partial charge in [-0.15, -0.1) is 0 Å². The molecule has 1 heterocycles. The van der Waals surface area contributed by atoms with Gasteiger partial charge < -0.3 is 14.4 Å². The molecule has 0 aromatic heterocycles. The molecule has 1 saturated heterocycles. The molecule has 0 radical (unpaired) electrons. The third kappa shape index (κ3) is 3.40. The maximum atomic E-state index is 12.2. The Balaban J connectivity index is 2.02. The molecule has 0 atom stereocenters. The smallest absolute Gasteiger partial charge is 0.265 e. The third-order valence-electron chi connectivity index (χ3n) is 3.41. The van der Waals surface area contributed by atoms with Crippen LogP contribution < -0.4 is 14.9 Å². The molecule has 1 aromatic carbocycles. The van der Waals surface area contributed by atoms with E-state index in [-0.39, 0.29) is 5.91 Å². The molecule has 6 heteroatoms. The Hall–Kier alpha value is -1.79. The number of hydrogen-bond donors (Lipinski definition) is 1. The van der Waals surface area contributed by atoms with Crippen LogP contribution in [0.2, 0.25) is 0 Å². The van der Waals surface area contributed by atoms with E-state index in [0.29, 0.717) is 17.1 Å². The summed E-state index contributed by atoms with van der Waals surface area (Å²) in [5.74, 6) is 1.04. The first-order valence-corrected chi connectivity index (χ1v) is 6.60. The highest BCUT2D eigenvalue weighted by Crippen LogP contribution is 2.27. The van der Waals surface area contributed by atoms with E-state index in [1.54, 1.807) is 32.4 Å². The Morgan fingerprint density at radius 3 is 2.35 bits per heavy atom. The van der Waals surface area contributed by atoms with Crippen molar-refractivity contribution in [1.82, 2.24) is 15.3 Å². The zero-order valence-corrected chi connectivity index (χ0v) is 12.2. The molecule has 110 valence electrons. The Morgan fingerprint density at radius 2 is 1.75 bits per heavy atom. The second-order valence-electron chi connectivity index (χ2n) is 4.80. The minimum atomic E-state index is -0.129. The molecule has 1 N–H and O–H groups in total. The number of benzene rings is 1. The average Bonchev–Trinajstić information content (AvgIpc) is 2.48. The summed E-state index contributed by atoms with van der Waals surface area (Å²) < 4.78 is 10.4. The number of methoxy groups -OCH3 is 2. The van der Waals surface area contributed by atoms with E-state index in [9.17, 15) is 4.79 Å². The second kappa shape index (κ2) is 6.58. The van der Waals surface area contributed by atoms with Crippen molar-refractivity contribution in [2.24, 2.45) is 0 Å². The van der Waals surface area contributed by atoms with Crippen LogP contribution in [-0.2, 0) is 0 Å². The topological polar surface area (TPSA) is 54.0 Å². The summed E-state index contributed by atoms with van der Waals surface area (Å²) in [4.78, 5) is 14.4.